The van der Waals surface area contributed by atoms with E-state index in [1.165, 1.54) is 0 Å². The number of nitrogens with one attached hydrogen (secondary N) is 2. The molecule has 0 aliphatic carbocycles. The van der Waals surface area contributed by atoms with Crippen LogP contribution in [0.5, 0.6) is 5.75 Å². The van der Waals surface area contributed by atoms with E-state index in [-0.39, 0.29) is 18.1 Å². The lowest BCUT2D eigenvalue weighted by Crippen LogP contribution is -2.34. The summed E-state index contributed by atoms with van der Waals surface area (Å²) in [7, 11) is 0. The molecule has 1 saturated heterocycles. The van der Waals surface area contributed by atoms with Crippen LogP contribution >= 0.6 is 0 Å². The summed E-state index contributed by atoms with van der Waals surface area (Å²) in [6.07, 6.45) is 3.37. The Hall–Kier alpha value is -4.00. The van der Waals surface area contributed by atoms with Crippen LogP contribution in [0.1, 0.15) is 37.8 Å². The van der Waals surface area contributed by atoms with Gasteiger partial charge in [-0.3, -0.25) is 4.79 Å². The van der Waals surface area contributed by atoms with Crippen LogP contribution in [0.15, 0.2) is 54.7 Å². The van der Waals surface area contributed by atoms with E-state index in [1.807, 2.05) is 36.4 Å². The fourth-order valence-electron chi connectivity index (χ4n) is 3.89. The molecule has 0 spiro atoms. The molecule has 9 heteroatoms. The molecule has 192 valence electrons. The molecule has 1 aromatic heterocycles. The Morgan fingerprint density at radius 2 is 1.97 bits per heavy atom. The van der Waals surface area contributed by atoms with Gasteiger partial charge in [-0.1, -0.05) is 12.1 Å². The third-order valence-electron chi connectivity index (χ3n) is 5.98. The van der Waals surface area contributed by atoms with Gasteiger partial charge in [-0.05, 0) is 55.8 Å². The predicted molar refractivity (Wildman–Crippen MR) is 139 cm³/mol. The second kappa shape index (κ2) is 12.8. The molecule has 37 heavy (non-hydrogen) atoms. The Morgan fingerprint density at radius 1 is 1.19 bits per heavy atom. The highest BCUT2D eigenvalue weighted by Gasteiger charge is 2.18. The molecule has 2 heterocycles. The van der Waals surface area contributed by atoms with Gasteiger partial charge in [0.05, 0.1) is 31.1 Å². The molecule has 3 aromatic rings. The number of benzene rings is 2. The van der Waals surface area contributed by atoms with Crippen molar-refractivity contribution in [3.8, 4) is 23.1 Å². The van der Waals surface area contributed by atoms with E-state index < -0.39 is 0 Å². The van der Waals surface area contributed by atoms with Crippen LogP contribution in [-0.4, -0.2) is 47.9 Å². The Balaban J connectivity index is 1.39. The average Bonchev–Trinajstić information content (AvgIpc) is 2.93. The molecule has 0 amide bonds. The van der Waals surface area contributed by atoms with Crippen molar-refractivity contribution in [3.05, 3.63) is 65.9 Å². The second-order valence-corrected chi connectivity index (χ2v) is 8.69. The summed E-state index contributed by atoms with van der Waals surface area (Å²) in [4.78, 5) is 20.7. The van der Waals surface area contributed by atoms with Crippen molar-refractivity contribution < 1.29 is 19.0 Å². The molecule has 1 unspecified atom stereocenters. The third kappa shape index (κ3) is 7.26. The molecule has 1 aliphatic rings. The van der Waals surface area contributed by atoms with Crippen LogP contribution in [0.2, 0.25) is 0 Å². The highest BCUT2D eigenvalue weighted by atomic mass is 16.5. The number of nitriles is 1. The van der Waals surface area contributed by atoms with Crippen molar-refractivity contribution >= 4 is 17.6 Å². The average molecular weight is 502 g/mol. The van der Waals surface area contributed by atoms with E-state index in [0.29, 0.717) is 49.3 Å². The summed E-state index contributed by atoms with van der Waals surface area (Å²) in [6.45, 7) is 5.83. The molecule has 0 saturated carbocycles. The van der Waals surface area contributed by atoms with Crippen molar-refractivity contribution in [1.82, 2.24) is 15.3 Å². The molecule has 1 fully saturated rings. The fraction of sp³-hybridized carbons (Fsp3) is 0.357. The summed E-state index contributed by atoms with van der Waals surface area (Å²) in [5.41, 5.74) is 3.83. The molecule has 9 nitrogen and oxygen atoms in total. The van der Waals surface area contributed by atoms with E-state index in [4.69, 9.17) is 14.2 Å². The quantitative estimate of drug-likeness (QED) is 0.391. The number of carbonyl (C=O) groups is 1. The van der Waals surface area contributed by atoms with Gasteiger partial charge in [0.2, 0.25) is 5.95 Å². The third-order valence-corrected chi connectivity index (χ3v) is 5.98. The summed E-state index contributed by atoms with van der Waals surface area (Å²) >= 11 is 0. The lowest BCUT2D eigenvalue weighted by Gasteiger charge is -2.23. The minimum atomic E-state index is -0.377. The van der Waals surface area contributed by atoms with Crippen LogP contribution in [-0.2, 0) is 20.8 Å². The van der Waals surface area contributed by atoms with E-state index >= 15 is 0 Å². The maximum Gasteiger partial charge on any atom is 0.322 e. The van der Waals surface area contributed by atoms with Gasteiger partial charge in [0.25, 0.3) is 0 Å². The Bertz CT molecular complexity index is 1240. The zero-order valence-electron chi connectivity index (χ0n) is 21.1. The highest BCUT2D eigenvalue weighted by molar-refractivity contribution is 5.75. The van der Waals surface area contributed by atoms with Crippen LogP contribution in [0.4, 0.5) is 11.6 Å². The van der Waals surface area contributed by atoms with Gasteiger partial charge in [0.1, 0.15) is 24.0 Å². The minimum Gasteiger partial charge on any atom is -0.489 e. The molecular formula is C28H31N5O4. The largest absolute Gasteiger partial charge is 0.489 e. The van der Waals surface area contributed by atoms with Crippen LogP contribution in [0, 0.1) is 11.3 Å². The van der Waals surface area contributed by atoms with Crippen molar-refractivity contribution in [2.24, 2.45) is 0 Å². The molecule has 1 atom stereocenters. The summed E-state index contributed by atoms with van der Waals surface area (Å²) in [5, 5.41) is 16.1. The van der Waals surface area contributed by atoms with Gasteiger partial charge in [-0.15, -0.1) is 0 Å². The van der Waals surface area contributed by atoms with E-state index in [0.717, 1.165) is 29.7 Å². The number of rotatable bonds is 10. The normalized spacial score (nSPS) is 14.4. The van der Waals surface area contributed by atoms with Crippen LogP contribution in [0.3, 0.4) is 0 Å². The van der Waals surface area contributed by atoms with E-state index in [1.54, 1.807) is 32.2 Å². The van der Waals surface area contributed by atoms with Crippen molar-refractivity contribution in [1.29, 1.82) is 5.26 Å². The number of nitrogens with zero attached hydrogens (tertiary/aromatic N) is 3. The van der Waals surface area contributed by atoms with Gasteiger partial charge in [-0.2, -0.15) is 5.26 Å². The fourth-order valence-corrected chi connectivity index (χ4v) is 3.89. The maximum atomic E-state index is 11.8. The Labute approximate surface area is 216 Å². The zero-order valence-corrected chi connectivity index (χ0v) is 21.1. The lowest BCUT2D eigenvalue weighted by atomic mass is 10.1. The first-order valence-electron chi connectivity index (χ1n) is 12.4. The second-order valence-electron chi connectivity index (χ2n) is 8.69. The molecule has 1 aliphatic heterocycles. The lowest BCUT2D eigenvalue weighted by molar-refractivity contribution is -0.145. The molecular weight excluding hydrogens is 470 g/mol. The molecule has 0 radical (unpaired) electrons. The molecule has 4 rings (SSSR count). The Kier molecular flexibility index (Phi) is 9.03. The number of hydrogen-bond donors (Lipinski definition) is 2. The number of esters is 1. The first-order valence-corrected chi connectivity index (χ1v) is 12.4. The van der Waals surface area contributed by atoms with E-state index in [2.05, 4.69) is 26.7 Å². The number of carbonyl (C=O) groups excluding carboxylic acids is 1. The Morgan fingerprint density at radius 3 is 2.70 bits per heavy atom. The number of aromatic nitrogens is 2. The van der Waals surface area contributed by atoms with Crippen molar-refractivity contribution in [2.45, 2.75) is 45.4 Å². The SMILES string of the molecule is CCOC(=O)C(C)NCc1ccc(Nc2nccc(-c3ccc(OC4CCOCC4)c(C#N)c3)n2)cc1. The number of hydrogen-bond acceptors (Lipinski definition) is 9. The summed E-state index contributed by atoms with van der Waals surface area (Å²) < 4.78 is 16.5. The predicted octanol–water partition coefficient (Wildman–Crippen LogP) is 4.36. The first kappa shape index (κ1) is 26.1. The van der Waals surface area contributed by atoms with Gasteiger partial charge < -0.3 is 24.8 Å². The smallest absolute Gasteiger partial charge is 0.322 e. The molecule has 0 bridgehead atoms. The van der Waals surface area contributed by atoms with Crippen molar-refractivity contribution in [2.75, 3.05) is 25.1 Å². The maximum absolute atomic E-state index is 11.8. The highest BCUT2D eigenvalue weighted by Crippen LogP contribution is 2.28. The standard InChI is InChI=1S/C28H31N5O4/c1-3-36-27(34)19(2)31-18-20-4-7-23(8-5-20)32-28-30-13-10-25(33-28)21-6-9-26(22(16-21)17-29)37-24-11-14-35-15-12-24/h4-10,13,16,19,24,31H,3,11-12,14-15,18H2,1-2H3,(H,30,32,33). The van der Waals surface area contributed by atoms with Crippen LogP contribution in [0.25, 0.3) is 11.3 Å². The molecule has 2 N–H and O–H groups in total. The van der Waals surface area contributed by atoms with Gasteiger partial charge in [0.15, 0.2) is 0 Å². The first-order chi connectivity index (χ1) is 18.1. The molecule has 2 aromatic carbocycles. The number of anilines is 2. The summed E-state index contributed by atoms with van der Waals surface area (Å²) in [5.74, 6) is 0.762. The topological polar surface area (TPSA) is 118 Å². The van der Waals surface area contributed by atoms with Gasteiger partial charge in [-0.25, -0.2) is 9.97 Å². The summed E-state index contributed by atoms with van der Waals surface area (Å²) in [6, 6.07) is 17.0. The van der Waals surface area contributed by atoms with Crippen LogP contribution < -0.4 is 15.4 Å². The van der Waals surface area contributed by atoms with Crippen molar-refractivity contribution in [3.63, 3.8) is 0 Å². The van der Waals surface area contributed by atoms with Gasteiger partial charge in [0, 0.05) is 36.8 Å². The minimum absolute atomic E-state index is 0.0599. The number of ether oxygens (including phenoxy) is 3. The zero-order chi connectivity index (χ0) is 26.0. The van der Waals surface area contributed by atoms with E-state index in [9.17, 15) is 10.1 Å². The monoisotopic (exact) mass is 501 g/mol. The van der Waals surface area contributed by atoms with Gasteiger partial charge >= 0.3 is 5.97 Å².